The first-order chi connectivity index (χ1) is 9.47. The van der Waals surface area contributed by atoms with Gasteiger partial charge in [0.15, 0.2) is 0 Å². The van der Waals surface area contributed by atoms with Crippen molar-refractivity contribution in [3.63, 3.8) is 0 Å². The van der Waals surface area contributed by atoms with Gasteiger partial charge in [0, 0.05) is 16.1 Å². The highest BCUT2D eigenvalue weighted by Gasteiger charge is 2.05. The molecule has 0 saturated heterocycles. The third-order valence-electron chi connectivity index (χ3n) is 3.24. The molecule has 0 heterocycles. The normalized spacial score (nSPS) is 10.3. The van der Waals surface area contributed by atoms with E-state index in [1.807, 2.05) is 24.3 Å². The highest BCUT2D eigenvalue weighted by Crippen LogP contribution is 2.22. The third kappa shape index (κ3) is 3.31. The van der Waals surface area contributed by atoms with Gasteiger partial charge in [-0.2, -0.15) is 0 Å². The summed E-state index contributed by atoms with van der Waals surface area (Å²) in [6, 6.07) is 11.3. The number of aryl methyl sites for hydroxylation is 2. The molecule has 104 valence electrons. The fraction of sp³-hybridized carbons (Fsp3) is 0.188. The summed E-state index contributed by atoms with van der Waals surface area (Å²) in [6.07, 6.45) is 0. The summed E-state index contributed by atoms with van der Waals surface area (Å²) in [4.78, 5) is 0. The van der Waals surface area contributed by atoms with Crippen molar-refractivity contribution in [3.05, 3.63) is 63.7 Å². The highest BCUT2D eigenvalue weighted by atomic mass is 35.5. The van der Waals surface area contributed by atoms with Gasteiger partial charge >= 0.3 is 0 Å². The van der Waals surface area contributed by atoms with Crippen LogP contribution in [0.2, 0.25) is 5.02 Å². The Bertz CT molecular complexity index is 653. The summed E-state index contributed by atoms with van der Waals surface area (Å²) in [7, 11) is 0. The molecule has 0 aliphatic rings. The van der Waals surface area contributed by atoms with E-state index in [0.717, 1.165) is 11.3 Å². The van der Waals surface area contributed by atoms with Crippen LogP contribution in [0.1, 0.15) is 22.3 Å². The van der Waals surface area contributed by atoms with Crippen molar-refractivity contribution in [2.24, 2.45) is 5.73 Å². The summed E-state index contributed by atoms with van der Waals surface area (Å²) >= 11 is 6.16. The van der Waals surface area contributed by atoms with Crippen molar-refractivity contribution in [1.29, 1.82) is 5.41 Å². The minimum absolute atomic E-state index is 0.00790. The maximum atomic E-state index is 7.37. The Morgan fingerprint density at radius 3 is 2.50 bits per heavy atom. The van der Waals surface area contributed by atoms with Crippen LogP contribution in [0, 0.1) is 19.3 Å². The Morgan fingerprint density at radius 2 is 1.90 bits per heavy atom. The standard InChI is InChI=1S/C16H17ClN2O/c1-10-3-6-14(7-11(10)2)20-9-13-5-4-12(16(18)19)8-15(13)17/h3-8H,9H2,1-2H3,(H3,18,19). The second-order valence-electron chi connectivity index (χ2n) is 4.75. The molecule has 0 atom stereocenters. The number of ether oxygens (including phenoxy) is 1. The van der Waals surface area contributed by atoms with Gasteiger partial charge in [0.2, 0.25) is 0 Å². The van der Waals surface area contributed by atoms with Crippen LogP contribution in [0.4, 0.5) is 0 Å². The Hall–Kier alpha value is -2.00. The zero-order chi connectivity index (χ0) is 14.7. The van der Waals surface area contributed by atoms with E-state index in [1.165, 1.54) is 11.1 Å². The van der Waals surface area contributed by atoms with Crippen LogP contribution in [-0.2, 0) is 6.61 Å². The quantitative estimate of drug-likeness (QED) is 0.664. The van der Waals surface area contributed by atoms with E-state index in [2.05, 4.69) is 13.8 Å². The van der Waals surface area contributed by atoms with E-state index in [1.54, 1.807) is 12.1 Å². The molecule has 3 nitrogen and oxygen atoms in total. The SMILES string of the molecule is Cc1ccc(OCc2ccc(C(=N)N)cc2Cl)cc1C. The number of nitrogen functional groups attached to an aromatic ring is 1. The Balaban J connectivity index is 2.10. The van der Waals surface area contributed by atoms with Gasteiger partial charge in [0.05, 0.1) is 0 Å². The lowest BCUT2D eigenvalue weighted by molar-refractivity contribution is 0.306. The predicted octanol–water partition coefficient (Wildman–Crippen LogP) is 3.82. The van der Waals surface area contributed by atoms with Crippen LogP contribution < -0.4 is 10.5 Å². The van der Waals surface area contributed by atoms with Crippen molar-refractivity contribution < 1.29 is 4.74 Å². The summed E-state index contributed by atoms with van der Waals surface area (Å²) < 4.78 is 5.74. The van der Waals surface area contributed by atoms with Crippen LogP contribution >= 0.6 is 11.6 Å². The van der Waals surface area contributed by atoms with Crippen molar-refractivity contribution in [2.75, 3.05) is 0 Å². The summed E-state index contributed by atoms with van der Waals surface area (Å²) in [5.74, 6) is 0.827. The molecule has 0 amide bonds. The second-order valence-corrected chi connectivity index (χ2v) is 5.16. The number of rotatable bonds is 4. The number of hydrogen-bond donors (Lipinski definition) is 2. The molecular formula is C16H17ClN2O. The first-order valence-corrected chi connectivity index (χ1v) is 6.68. The van der Waals surface area contributed by atoms with Crippen molar-refractivity contribution >= 4 is 17.4 Å². The minimum Gasteiger partial charge on any atom is -0.489 e. The molecule has 20 heavy (non-hydrogen) atoms. The average Bonchev–Trinajstić information content (AvgIpc) is 2.41. The van der Waals surface area contributed by atoms with Gasteiger partial charge in [0.25, 0.3) is 0 Å². The second kappa shape index (κ2) is 5.97. The minimum atomic E-state index is 0.00790. The molecule has 0 aromatic heterocycles. The molecule has 2 aromatic carbocycles. The van der Waals surface area contributed by atoms with E-state index < -0.39 is 0 Å². The number of nitrogens with one attached hydrogen (secondary N) is 1. The number of nitrogens with two attached hydrogens (primary N) is 1. The van der Waals surface area contributed by atoms with Crippen molar-refractivity contribution in [1.82, 2.24) is 0 Å². The average molecular weight is 289 g/mol. The van der Waals surface area contributed by atoms with Crippen LogP contribution in [0.3, 0.4) is 0 Å². The first kappa shape index (κ1) is 14.4. The lowest BCUT2D eigenvalue weighted by Gasteiger charge is -2.10. The largest absolute Gasteiger partial charge is 0.489 e. The van der Waals surface area contributed by atoms with Gasteiger partial charge in [-0.3, -0.25) is 5.41 Å². The Labute approximate surface area is 123 Å². The lowest BCUT2D eigenvalue weighted by Crippen LogP contribution is -2.11. The van der Waals surface area contributed by atoms with Crippen molar-refractivity contribution in [2.45, 2.75) is 20.5 Å². The van der Waals surface area contributed by atoms with E-state index in [4.69, 9.17) is 27.5 Å². The lowest BCUT2D eigenvalue weighted by atomic mass is 10.1. The third-order valence-corrected chi connectivity index (χ3v) is 3.59. The van der Waals surface area contributed by atoms with E-state index >= 15 is 0 Å². The van der Waals surface area contributed by atoms with Gasteiger partial charge in [0.1, 0.15) is 18.2 Å². The molecule has 0 radical (unpaired) electrons. The first-order valence-electron chi connectivity index (χ1n) is 6.30. The van der Waals surface area contributed by atoms with Gasteiger partial charge < -0.3 is 10.5 Å². The predicted molar refractivity (Wildman–Crippen MR) is 82.7 cm³/mol. The molecule has 2 rings (SSSR count). The number of hydrogen-bond acceptors (Lipinski definition) is 2. The zero-order valence-corrected chi connectivity index (χ0v) is 12.3. The van der Waals surface area contributed by atoms with Gasteiger partial charge in [-0.05, 0) is 43.2 Å². The number of amidine groups is 1. The van der Waals surface area contributed by atoms with Crippen molar-refractivity contribution in [3.8, 4) is 5.75 Å². The van der Waals surface area contributed by atoms with Crippen LogP contribution in [0.5, 0.6) is 5.75 Å². The maximum Gasteiger partial charge on any atom is 0.122 e. The molecule has 4 heteroatoms. The molecule has 0 fully saturated rings. The molecule has 0 aliphatic heterocycles. The van der Waals surface area contributed by atoms with Gasteiger partial charge in [-0.1, -0.05) is 29.8 Å². The number of benzene rings is 2. The summed E-state index contributed by atoms with van der Waals surface area (Å²) in [5.41, 5.74) is 9.34. The molecule has 0 saturated carbocycles. The molecule has 0 bridgehead atoms. The monoisotopic (exact) mass is 288 g/mol. The van der Waals surface area contributed by atoms with E-state index in [9.17, 15) is 0 Å². The van der Waals surface area contributed by atoms with Crippen LogP contribution in [-0.4, -0.2) is 5.84 Å². The smallest absolute Gasteiger partial charge is 0.122 e. The number of halogens is 1. The highest BCUT2D eigenvalue weighted by molar-refractivity contribution is 6.31. The molecule has 0 spiro atoms. The summed E-state index contributed by atoms with van der Waals surface area (Å²) in [6.45, 7) is 4.51. The molecule has 2 aromatic rings. The van der Waals surface area contributed by atoms with Gasteiger partial charge in [-0.15, -0.1) is 0 Å². The fourth-order valence-electron chi connectivity index (χ4n) is 1.80. The Kier molecular flexibility index (Phi) is 4.30. The molecular weight excluding hydrogens is 272 g/mol. The van der Waals surface area contributed by atoms with Gasteiger partial charge in [-0.25, -0.2) is 0 Å². The molecule has 0 unspecified atom stereocenters. The maximum absolute atomic E-state index is 7.37. The fourth-order valence-corrected chi connectivity index (χ4v) is 2.03. The zero-order valence-electron chi connectivity index (χ0n) is 11.5. The molecule has 3 N–H and O–H groups in total. The van der Waals surface area contributed by atoms with E-state index in [-0.39, 0.29) is 5.84 Å². The molecule has 0 aliphatic carbocycles. The van der Waals surface area contributed by atoms with Crippen LogP contribution in [0.25, 0.3) is 0 Å². The van der Waals surface area contributed by atoms with Crippen LogP contribution in [0.15, 0.2) is 36.4 Å². The Morgan fingerprint density at radius 1 is 1.15 bits per heavy atom. The summed E-state index contributed by atoms with van der Waals surface area (Å²) in [5, 5.41) is 7.93. The topological polar surface area (TPSA) is 59.1 Å². The van der Waals surface area contributed by atoms with E-state index in [0.29, 0.717) is 17.2 Å².